The van der Waals surface area contributed by atoms with Crippen LogP contribution in [0.4, 0.5) is 0 Å². The number of esters is 1. The van der Waals surface area contributed by atoms with Gasteiger partial charge in [-0.2, -0.15) is 0 Å². The van der Waals surface area contributed by atoms with Gasteiger partial charge in [0.05, 0.1) is 25.4 Å². The number of unbranched alkanes of at least 4 members (excludes halogenated alkanes) is 61. The largest absolute Gasteiger partial charge is 0.466 e. The van der Waals surface area contributed by atoms with Gasteiger partial charge in [-0.15, -0.1) is 0 Å². The van der Waals surface area contributed by atoms with Crippen LogP contribution < -0.4 is 5.32 Å². The van der Waals surface area contributed by atoms with Crippen molar-refractivity contribution in [1.29, 1.82) is 0 Å². The molecule has 0 rings (SSSR count). The van der Waals surface area contributed by atoms with Crippen LogP contribution in [0.25, 0.3) is 0 Å². The van der Waals surface area contributed by atoms with Crippen molar-refractivity contribution < 1.29 is 24.5 Å². The van der Waals surface area contributed by atoms with E-state index in [9.17, 15) is 19.8 Å². The quantitative estimate of drug-likeness (QED) is 0.0320. The van der Waals surface area contributed by atoms with Crippen molar-refractivity contribution >= 4 is 11.9 Å². The van der Waals surface area contributed by atoms with Gasteiger partial charge in [0.2, 0.25) is 5.91 Å². The first-order chi connectivity index (χ1) is 44.5. The number of carbonyl (C=O) groups is 2. The van der Waals surface area contributed by atoms with Crippen LogP contribution in [0.3, 0.4) is 0 Å². The summed E-state index contributed by atoms with van der Waals surface area (Å²) in [4.78, 5) is 24.6. The summed E-state index contributed by atoms with van der Waals surface area (Å²) in [6, 6.07) is -0.541. The lowest BCUT2D eigenvalue weighted by atomic mass is 10.0. The molecule has 0 aromatic heterocycles. The molecule has 2 atom stereocenters. The summed E-state index contributed by atoms with van der Waals surface area (Å²) in [6.45, 7) is 4.98. The van der Waals surface area contributed by atoms with Crippen LogP contribution >= 0.6 is 0 Å². The first-order valence-corrected chi connectivity index (χ1v) is 41.2. The Morgan fingerprint density at radius 2 is 0.556 bits per heavy atom. The van der Waals surface area contributed by atoms with E-state index in [4.69, 9.17) is 4.74 Å². The fraction of sp³-hybridized carbons (Fsp3) is 0.905. The molecule has 1 amide bonds. The molecule has 0 heterocycles. The Bertz CT molecular complexity index is 1460. The molecule has 6 nitrogen and oxygen atoms in total. The Hall–Kier alpha value is -1.92. The van der Waals surface area contributed by atoms with Gasteiger partial charge in [-0.3, -0.25) is 9.59 Å². The second-order valence-corrected chi connectivity index (χ2v) is 28.5. The van der Waals surface area contributed by atoms with Crippen molar-refractivity contribution in [3.8, 4) is 0 Å². The van der Waals surface area contributed by atoms with E-state index < -0.39 is 12.1 Å². The summed E-state index contributed by atoms with van der Waals surface area (Å²) in [5.41, 5.74) is 0. The van der Waals surface area contributed by atoms with Crippen LogP contribution in [0, 0.1) is 0 Å². The van der Waals surface area contributed by atoms with Gasteiger partial charge in [-0.25, -0.2) is 0 Å². The summed E-state index contributed by atoms with van der Waals surface area (Å²) in [5, 5.41) is 23.5. The molecule has 90 heavy (non-hydrogen) atoms. The molecule has 0 radical (unpaired) electrons. The van der Waals surface area contributed by atoms with Gasteiger partial charge in [-0.05, 0) is 83.5 Å². The minimum atomic E-state index is -0.664. The second-order valence-electron chi connectivity index (χ2n) is 28.5. The van der Waals surface area contributed by atoms with Crippen molar-refractivity contribution in [3.05, 3.63) is 36.5 Å². The lowest BCUT2D eigenvalue weighted by molar-refractivity contribution is -0.143. The summed E-state index contributed by atoms with van der Waals surface area (Å²) in [5.74, 6) is -0.0173. The number of aliphatic hydroxyl groups is 2. The standard InChI is InChI=1S/C84H161NO5/c1-3-5-7-9-11-13-15-17-18-19-20-21-22-38-41-44-47-50-53-56-60-64-68-72-76-82(87)81(80-86)85-83(88)77-73-69-65-61-57-54-51-48-45-42-39-36-34-32-30-28-26-24-23-25-27-29-31-33-35-37-40-43-46-49-52-55-59-63-67-71-75-79-90-84(89)78-74-70-66-62-58-16-14-12-10-8-6-4-2/h12,14,23,25,29,31,81-82,86-87H,3-11,13,15-22,24,26-28,30,32-80H2,1-2H3,(H,85,88)/b14-12-,25-23-,31-29-. The fourth-order valence-electron chi connectivity index (χ4n) is 13.1. The number of nitrogens with one attached hydrogen (secondary N) is 1. The van der Waals surface area contributed by atoms with Gasteiger partial charge >= 0.3 is 5.97 Å². The first kappa shape index (κ1) is 88.1. The van der Waals surface area contributed by atoms with Gasteiger partial charge in [0.15, 0.2) is 0 Å². The molecule has 0 fully saturated rings. The monoisotopic (exact) mass is 1260 g/mol. The van der Waals surface area contributed by atoms with Crippen molar-refractivity contribution in [3.63, 3.8) is 0 Å². The van der Waals surface area contributed by atoms with Crippen molar-refractivity contribution in [2.45, 2.75) is 475 Å². The minimum absolute atomic E-state index is 0.00928. The molecule has 0 spiro atoms. The highest BCUT2D eigenvalue weighted by atomic mass is 16.5. The van der Waals surface area contributed by atoms with Crippen LogP contribution in [0.2, 0.25) is 0 Å². The fourth-order valence-corrected chi connectivity index (χ4v) is 13.1. The van der Waals surface area contributed by atoms with Crippen molar-refractivity contribution in [2.75, 3.05) is 13.2 Å². The number of hydrogen-bond donors (Lipinski definition) is 3. The summed E-state index contributed by atoms with van der Waals surface area (Å²) in [6.07, 6.45) is 104. The average molecular weight is 1270 g/mol. The number of hydrogen-bond acceptors (Lipinski definition) is 5. The predicted octanol–water partition coefficient (Wildman–Crippen LogP) is 27.4. The normalized spacial score (nSPS) is 12.6. The smallest absolute Gasteiger partial charge is 0.305 e. The lowest BCUT2D eigenvalue weighted by Crippen LogP contribution is -2.45. The Morgan fingerprint density at radius 1 is 0.311 bits per heavy atom. The minimum Gasteiger partial charge on any atom is -0.466 e. The molecule has 532 valence electrons. The molecule has 6 heteroatoms. The van der Waals surface area contributed by atoms with E-state index in [0.717, 1.165) is 51.4 Å². The molecular formula is C84H161NO5. The van der Waals surface area contributed by atoms with Crippen LogP contribution in [-0.2, 0) is 14.3 Å². The third-order valence-electron chi connectivity index (χ3n) is 19.4. The van der Waals surface area contributed by atoms with Crippen molar-refractivity contribution in [1.82, 2.24) is 5.32 Å². The number of rotatable bonds is 78. The van der Waals surface area contributed by atoms with E-state index in [0.29, 0.717) is 25.9 Å². The molecule has 2 unspecified atom stereocenters. The van der Waals surface area contributed by atoms with Gasteiger partial charge in [-0.1, -0.05) is 403 Å². The summed E-state index contributed by atoms with van der Waals surface area (Å²) >= 11 is 0. The average Bonchev–Trinajstić information content (AvgIpc) is 3.63. The maximum atomic E-state index is 12.6. The molecule has 3 N–H and O–H groups in total. The van der Waals surface area contributed by atoms with Gasteiger partial charge in [0.1, 0.15) is 0 Å². The molecule has 0 bridgehead atoms. The second kappa shape index (κ2) is 79.5. The van der Waals surface area contributed by atoms with E-state index in [1.807, 2.05) is 0 Å². The Labute approximate surface area is 564 Å². The summed E-state index contributed by atoms with van der Waals surface area (Å²) < 4.78 is 5.48. The summed E-state index contributed by atoms with van der Waals surface area (Å²) in [7, 11) is 0. The van der Waals surface area contributed by atoms with Crippen molar-refractivity contribution in [2.24, 2.45) is 0 Å². The van der Waals surface area contributed by atoms with Crippen LogP contribution in [0.5, 0.6) is 0 Å². The van der Waals surface area contributed by atoms with Crippen LogP contribution in [0.15, 0.2) is 36.5 Å². The van der Waals surface area contributed by atoms with Crippen LogP contribution in [-0.4, -0.2) is 47.4 Å². The maximum absolute atomic E-state index is 12.6. The molecule has 0 saturated carbocycles. The SMILES string of the molecule is CCCCC/C=C\CCCCCCCC(=O)OCCCCCCCCCCCCCCC/C=C\C/C=C\CCCCCCCCCCCCCCCCCCCC(=O)NC(CO)C(O)CCCCCCCCCCCCCCCCCCCCCCCCCC. The zero-order chi connectivity index (χ0) is 64.9. The number of carbonyl (C=O) groups excluding carboxylic acids is 2. The highest BCUT2D eigenvalue weighted by molar-refractivity contribution is 5.76. The Kier molecular flexibility index (Phi) is 77.8. The maximum Gasteiger partial charge on any atom is 0.305 e. The van der Waals surface area contributed by atoms with E-state index in [1.54, 1.807) is 0 Å². The highest BCUT2D eigenvalue weighted by Gasteiger charge is 2.20. The Balaban J connectivity index is 3.37. The number of amides is 1. The van der Waals surface area contributed by atoms with E-state index >= 15 is 0 Å². The van der Waals surface area contributed by atoms with Gasteiger partial charge in [0, 0.05) is 12.8 Å². The third-order valence-corrected chi connectivity index (χ3v) is 19.4. The zero-order valence-corrected chi connectivity index (χ0v) is 61.1. The molecule has 0 aromatic rings. The molecule has 0 aromatic carbocycles. The topological polar surface area (TPSA) is 95.9 Å². The van der Waals surface area contributed by atoms with E-state index in [-0.39, 0.29) is 18.5 Å². The molecule has 0 saturated heterocycles. The molecular weight excluding hydrogens is 1100 g/mol. The number of allylic oxidation sites excluding steroid dienone is 6. The highest BCUT2D eigenvalue weighted by Crippen LogP contribution is 2.20. The molecule has 0 aliphatic rings. The lowest BCUT2D eigenvalue weighted by Gasteiger charge is -2.22. The number of aliphatic hydroxyl groups excluding tert-OH is 2. The third kappa shape index (κ3) is 75.1. The van der Waals surface area contributed by atoms with E-state index in [2.05, 4.69) is 55.6 Å². The predicted molar refractivity (Wildman–Crippen MR) is 398 cm³/mol. The molecule has 0 aliphatic carbocycles. The zero-order valence-electron chi connectivity index (χ0n) is 61.1. The molecule has 0 aliphatic heterocycles. The number of ether oxygens (including phenoxy) is 1. The van der Waals surface area contributed by atoms with Gasteiger partial charge < -0.3 is 20.3 Å². The van der Waals surface area contributed by atoms with Gasteiger partial charge in [0.25, 0.3) is 0 Å². The first-order valence-electron chi connectivity index (χ1n) is 41.2. The van der Waals surface area contributed by atoms with Crippen LogP contribution in [0.1, 0.15) is 463 Å². The Morgan fingerprint density at radius 3 is 0.878 bits per heavy atom. The van der Waals surface area contributed by atoms with E-state index in [1.165, 1.54) is 379 Å².